The largest absolute Gasteiger partial charge is 0.465 e. The van der Waals surface area contributed by atoms with E-state index in [1.165, 1.54) is 11.2 Å². The maximum Gasteiger partial charge on any atom is 0.281 e. The van der Waals surface area contributed by atoms with Crippen molar-refractivity contribution in [1.82, 2.24) is 9.97 Å². The molecule has 0 N–H and O–H groups in total. The summed E-state index contributed by atoms with van der Waals surface area (Å²) in [5.74, 6) is 1.73. The van der Waals surface area contributed by atoms with E-state index in [1.54, 1.807) is 42.9 Å². The van der Waals surface area contributed by atoms with Crippen molar-refractivity contribution in [2.75, 3.05) is 5.01 Å². The van der Waals surface area contributed by atoms with E-state index in [4.69, 9.17) is 8.83 Å². The third-order valence-corrected chi connectivity index (χ3v) is 4.67. The van der Waals surface area contributed by atoms with Crippen LogP contribution in [-0.4, -0.2) is 22.1 Å². The molecular weight excluding hydrogens is 380 g/mol. The van der Waals surface area contributed by atoms with Crippen LogP contribution in [0.25, 0.3) is 23.0 Å². The normalized spacial score (nSPS) is 14.8. The van der Waals surface area contributed by atoms with Crippen molar-refractivity contribution < 1.29 is 13.6 Å². The summed E-state index contributed by atoms with van der Waals surface area (Å²) in [5, 5.41) is 5.62. The van der Waals surface area contributed by atoms with Crippen molar-refractivity contribution in [3.05, 3.63) is 89.9 Å². The fourth-order valence-corrected chi connectivity index (χ4v) is 3.30. The highest BCUT2D eigenvalue weighted by molar-refractivity contribution is 6.35. The minimum atomic E-state index is -0.313. The van der Waals surface area contributed by atoms with Crippen molar-refractivity contribution in [2.24, 2.45) is 5.10 Å². The first-order chi connectivity index (χ1) is 14.7. The van der Waals surface area contributed by atoms with Crippen LogP contribution in [0.15, 0.2) is 81.1 Å². The molecular formula is C23H16N4O3. The van der Waals surface area contributed by atoms with E-state index in [-0.39, 0.29) is 5.91 Å². The second-order valence-electron chi connectivity index (χ2n) is 6.65. The fraction of sp³-hybridized carbons (Fsp3) is 0.0435. The molecule has 0 bridgehead atoms. The van der Waals surface area contributed by atoms with Gasteiger partial charge in [0.1, 0.15) is 11.5 Å². The summed E-state index contributed by atoms with van der Waals surface area (Å²) in [6.45, 7) is 1.86. The van der Waals surface area contributed by atoms with Gasteiger partial charge in [-0.2, -0.15) is 10.1 Å². The Morgan fingerprint density at radius 3 is 2.37 bits per heavy atom. The van der Waals surface area contributed by atoms with Crippen LogP contribution in [0.2, 0.25) is 0 Å². The number of hydrazone groups is 1. The lowest BCUT2D eigenvalue weighted by molar-refractivity contribution is -0.113. The summed E-state index contributed by atoms with van der Waals surface area (Å²) >= 11 is 0. The average molecular weight is 396 g/mol. The summed E-state index contributed by atoms with van der Waals surface area (Å²) in [6, 6.07) is 16.7. The molecule has 0 saturated carbocycles. The molecule has 1 amide bonds. The van der Waals surface area contributed by atoms with Crippen LogP contribution in [0.5, 0.6) is 0 Å². The number of anilines is 1. The SMILES string of the molecule is Cc1nc(-c2ccccc2)nc2c1/C(=C\c1ccco1)C(=O)N2/N=C/c1ccco1. The summed E-state index contributed by atoms with van der Waals surface area (Å²) in [4.78, 5) is 22.6. The number of hydrogen-bond donors (Lipinski definition) is 0. The average Bonchev–Trinajstić information content (AvgIpc) is 3.51. The molecule has 0 aliphatic carbocycles. The van der Waals surface area contributed by atoms with Gasteiger partial charge < -0.3 is 8.83 Å². The van der Waals surface area contributed by atoms with Gasteiger partial charge in [0, 0.05) is 5.56 Å². The Kier molecular flexibility index (Phi) is 4.33. The third kappa shape index (κ3) is 3.12. The molecule has 0 unspecified atom stereocenters. The van der Waals surface area contributed by atoms with Crippen molar-refractivity contribution >= 4 is 29.6 Å². The van der Waals surface area contributed by atoms with Gasteiger partial charge in [0.2, 0.25) is 0 Å². The highest BCUT2D eigenvalue weighted by Crippen LogP contribution is 2.39. The van der Waals surface area contributed by atoms with Gasteiger partial charge in [-0.15, -0.1) is 0 Å². The molecule has 146 valence electrons. The number of aromatic nitrogens is 2. The number of fused-ring (bicyclic) bond motifs is 1. The topological polar surface area (TPSA) is 84.7 Å². The smallest absolute Gasteiger partial charge is 0.281 e. The van der Waals surface area contributed by atoms with E-state index < -0.39 is 0 Å². The standard InChI is InChI=1S/C23H16N4O3/c1-15-20-19(13-17-9-5-11-29-17)23(28)27(24-14-18-10-6-12-30-18)22(20)26-21(25-15)16-7-3-2-4-8-16/h2-14H,1H3/b19-13+,24-14+. The third-order valence-electron chi connectivity index (χ3n) is 4.67. The zero-order chi connectivity index (χ0) is 20.5. The number of nitrogens with zero attached hydrogens (tertiary/aromatic N) is 4. The molecule has 0 radical (unpaired) electrons. The minimum Gasteiger partial charge on any atom is -0.465 e. The summed E-state index contributed by atoms with van der Waals surface area (Å²) in [6.07, 6.45) is 6.27. The minimum absolute atomic E-state index is 0.313. The number of amides is 1. The van der Waals surface area contributed by atoms with E-state index >= 15 is 0 Å². The molecule has 3 aromatic heterocycles. The summed E-state index contributed by atoms with van der Waals surface area (Å²) < 4.78 is 10.7. The Morgan fingerprint density at radius 1 is 0.933 bits per heavy atom. The first-order valence-electron chi connectivity index (χ1n) is 9.32. The van der Waals surface area contributed by atoms with Crippen LogP contribution >= 0.6 is 0 Å². The quantitative estimate of drug-likeness (QED) is 0.373. The van der Waals surface area contributed by atoms with Crippen LogP contribution in [0, 0.1) is 6.92 Å². The van der Waals surface area contributed by atoms with Crippen LogP contribution in [0.1, 0.15) is 22.8 Å². The second-order valence-corrected chi connectivity index (χ2v) is 6.65. The number of carbonyl (C=O) groups excluding carboxylic acids is 1. The molecule has 0 saturated heterocycles. The van der Waals surface area contributed by atoms with Gasteiger partial charge in [-0.05, 0) is 37.3 Å². The van der Waals surface area contributed by atoms with Gasteiger partial charge in [-0.1, -0.05) is 30.3 Å². The van der Waals surface area contributed by atoms with Crippen LogP contribution in [0.4, 0.5) is 5.82 Å². The molecule has 5 rings (SSSR count). The number of hydrogen-bond acceptors (Lipinski definition) is 6. The molecule has 4 heterocycles. The second kappa shape index (κ2) is 7.29. The fourth-order valence-electron chi connectivity index (χ4n) is 3.30. The highest BCUT2D eigenvalue weighted by atomic mass is 16.3. The molecule has 0 fully saturated rings. The van der Waals surface area contributed by atoms with E-state index in [2.05, 4.69) is 15.1 Å². The Balaban J connectivity index is 1.67. The molecule has 1 aromatic carbocycles. The molecule has 7 nitrogen and oxygen atoms in total. The summed E-state index contributed by atoms with van der Waals surface area (Å²) in [5.41, 5.74) is 2.59. The number of furan rings is 2. The molecule has 4 aromatic rings. The van der Waals surface area contributed by atoms with E-state index in [9.17, 15) is 4.79 Å². The lowest BCUT2D eigenvalue weighted by Crippen LogP contribution is -2.21. The Bertz CT molecular complexity index is 1260. The van der Waals surface area contributed by atoms with Gasteiger partial charge in [0.05, 0.1) is 35.6 Å². The van der Waals surface area contributed by atoms with E-state index in [1.807, 2.05) is 37.3 Å². The number of rotatable bonds is 4. The number of benzene rings is 1. The maximum atomic E-state index is 13.3. The predicted molar refractivity (Wildman–Crippen MR) is 113 cm³/mol. The molecule has 0 spiro atoms. The number of carbonyl (C=O) groups is 1. The van der Waals surface area contributed by atoms with Gasteiger partial charge >= 0.3 is 0 Å². The van der Waals surface area contributed by atoms with E-state index in [0.717, 1.165) is 5.56 Å². The van der Waals surface area contributed by atoms with Gasteiger partial charge in [0.15, 0.2) is 11.6 Å². The zero-order valence-electron chi connectivity index (χ0n) is 16.0. The highest BCUT2D eigenvalue weighted by Gasteiger charge is 2.37. The molecule has 30 heavy (non-hydrogen) atoms. The lowest BCUT2D eigenvalue weighted by Gasteiger charge is -2.11. The Hall–Kier alpha value is -4.26. The van der Waals surface area contributed by atoms with Gasteiger partial charge in [0.25, 0.3) is 5.91 Å². The lowest BCUT2D eigenvalue weighted by atomic mass is 10.1. The van der Waals surface area contributed by atoms with Gasteiger partial charge in [-0.3, -0.25) is 4.79 Å². The Morgan fingerprint density at radius 2 is 1.67 bits per heavy atom. The van der Waals surface area contributed by atoms with E-state index in [0.29, 0.717) is 40.0 Å². The number of aryl methyl sites for hydroxylation is 1. The molecule has 1 aliphatic rings. The Labute approximate surface area is 172 Å². The predicted octanol–water partition coefficient (Wildman–Crippen LogP) is 4.56. The first-order valence-corrected chi connectivity index (χ1v) is 9.32. The van der Waals surface area contributed by atoms with Crippen LogP contribution < -0.4 is 5.01 Å². The van der Waals surface area contributed by atoms with Crippen LogP contribution in [0.3, 0.4) is 0 Å². The summed E-state index contributed by atoms with van der Waals surface area (Å²) in [7, 11) is 0. The monoisotopic (exact) mass is 396 g/mol. The first kappa shape index (κ1) is 17.8. The van der Waals surface area contributed by atoms with Crippen molar-refractivity contribution in [3.8, 4) is 11.4 Å². The van der Waals surface area contributed by atoms with Crippen LogP contribution in [-0.2, 0) is 4.79 Å². The molecule has 0 atom stereocenters. The van der Waals surface area contributed by atoms with Crippen molar-refractivity contribution in [1.29, 1.82) is 0 Å². The zero-order valence-corrected chi connectivity index (χ0v) is 16.0. The molecule has 1 aliphatic heterocycles. The van der Waals surface area contributed by atoms with Gasteiger partial charge in [-0.25, -0.2) is 9.97 Å². The van der Waals surface area contributed by atoms with Crippen molar-refractivity contribution in [2.45, 2.75) is 6.92 Å². The van der Waals surface area contributed by atoms with Crippen molar-refractivity contribution in [3.63, 3.8) is 0 Å². The molecule has 7 heteroatoms. The maximum absolute atomic E-state index is 13.3.